The summed E-state index contributed by atoms with van der Waals surface area (Å²) >= 11 is 0. The van der Waals surface area contributed by atoms with E-state index in [-0.39, 0.29) is 0 Å². The van der Waals surface area contributed by atoms with E-state index in [1.165, 1.54) is 34.0 Å². The molecule has 4 aromatic rings. The highest BCUT2D eigenvalue weighted by molar-refractivity contribution is 6.03. The summed E-state index contributed by atoms with van der Waals surface area (Å²) in [6.45, 7) is 11.5. The number of dihydropyridines is 1. The van der Waals surface area contributed by atoms with Crippen LogP contribution in [0.25, 0.3) is 33.0 Å². The summed E-state index contributed by atoms with van der Waals surface area (Å²) in [6, 6.07) is 15.0. The zero-order chi connectivity index (χ0) is 23.4. The lowest BCUT2D eigenvalue weighted by molar-refractivity contribution is 0.826. The van der Waals surface area contributed by atoms with Crippen LogP contribution in [0.2, 0.25) is 0 Å². The molecule has 0 amide bonds. The first-order valence-electron chi connectivity index (χ1n) is 11.8. The Bertz CT molecular complexity index is 1580. The fourth-order valence-electron chi connectivity index (χ4n) is 5.58. The van der Waals surface area contributed by atoms with Crippen LogP contribution in [0.15, 0.2) is 79.7 Å². The zero-order valence-electron chi connectivity index (χ0n) is 19.5. The van der Waals surface area contributed by atoms with Crippen molar-refractivity contribution in [2.75, 3.05) is 5.73 Å². The fourth-order valence-corrected chi connectivity index (χ4v) is 5.58. The minimum absolute atomic E-state index is 0.542. The molecule has 34 heavy (non-hydrogen) atoms. The van der Waals surface area contributed by atoms with Gasteiger partial charge in [-0.1, -0.05) is 37.4 Å². The number of nitrogens with two attached hydrogens (primary N) is 1. The molecule has 0 saturated heterocycles. The van der Waals surface area contributed by atoms with Crippen molar-refractivity contribution in [2.45, 2.75) is 32.7 Å². The van der Waals surface area contributed by atoms with Crippen LogP contribution in [-0.4, -0.2) is 9.55 Å². The molecule has 0 spiro atoms. The molecule has 0 saturated carbocycles. The number of pyridine rings is 1. The molecule has 1 aliphatic heterocycles. The highest BCUT2D eigenvalue weighted by atomic mass is 15.0. The molecule has 0 unspecified atom stereocenters. The van der Waals surface area contributed by atoms with Gasteiger partial charge < -0.3 is 15.6 Å². The number of nitrogen functional groups attached to an aromatic ring is 1. The minimum Gasteiger partial charge on any atom is -0.384 e. The van der Waals surface area contributed by atoms with Crippen molar-refractivity contribution >= 4 is 38.8 Å². The number of fused-ring (bicyclic) bond motifs is 3. The van der Waals surface area contributed by atoms with Crippen LogP contribution in [0.4, 0.5) is 5.82 Å². The Labute approximate surface area is 199 Å². The van der Waals surface area contributed by atoms with Crippen molar-refractivity contribution in [3.05, 3.63) is 108 Å². The summed E-state index contributed by atoms with van der Waals surface area (Å²) in [7, 11) is 0. The van der Waals surface area contributed by atoms with Gasteiger partial charge in [0, 0.05) is 45.9 Å². The van der Waals surface area contributed by atoms with Crippen LogP contribution in [0.3, 0.4) is 0 Å². The van der Waals surface area contributed by atoms with Crippen LogP contribution >= 0.6 is 0 Å². The average molecular weight is 445 g/mol. The van der Waals surface area contributed by atoms with Crippen molar-refractivity contribution in [3.63, 3.8) is 0 Å². The van der Waals surface area contributed by atoms with Gasteiger partial charge in [-0.3, -0.25) is 0 Å². The Morgan fingerprint density at radius 1 is 1.12 bits per heavy atom. The molecule has 3 heterocycles. The van der Waals surface area contributed by atoms with Gasteiger partial charge in [-0.2, -0.15) is 0 Å². The van der Waals surface area contributed by atoms with E-state index < -0.39 is 0 Å². The molecular formula is C30H28N4. The number of benzene rings is 2. The van der Waals surface area contributed by atoms with Gasteiger partial charge in [0.25, 0.3) is 0 Å². The van der Waals surface area contributed by atoms with E-state index in [1.54, 1.807) is 0 Å². The lowest BCUT2D eigenvalue weighted by Gasteiger charge is -2.18. The van der Waals surface area contributed by atoms with Gasteiger partial charge in [-0.25, -0.2) is 4.98 Å². The minimum atomic E-state index is 0.542. The number of nitrogens with one attached hydrogen (secondary N) is 1. The largest absolute Gasteiger partial charge is 0.384 e. The quantitative estimate of drug-likeness (QED) is 0.385. The van der Waals surface area contributed by atoms with Gasteiger partial charge in [0.1, 0.15) is 5.82 Å². The summed E-state index contributed by atoms with van der Waals surface area (Å²) in [5.41, 5.74) is 17.8. The predicted molar refractivity (Wildman–Crippen MR) is 143 cm³/mol. The number of nitrogens with zero attached hydrogens (tertiary/aromatic N) is 2. The summed E-state index contributed by atoms with van der Waals surface area (Å²) in [5, 5.41) is 5.68. The highest BCUT2D eigenvalue weighted by Gasteiger charge is 2.25. The van der Waals surface area contributed by atoms with Gasteiger partial charge in [-0.15, -0.1) is 0 Å². The normalized spacial score (nSPS) is 15.0. The van der Waals surface area contributed by atoms with Crippen LogP contribution in [0.5, 0.6) is 0 Å². The van der Waals surface area contributed by atoms with Crippen molar-refractivity contribution in [3.8, 4) is 0 Å². The Morgan fingerprint density at radius 3 is 2.71 bits per heavy atom. The first kappa shape index (κ1) is 20.5. The maximum Gasteiger partial charge on any atom is 0.124 e. The SMILES string of the molecule is C=C1NC=CC=C1c1c(C(=C)C)n(Cc2cc(N)nc3ccccc23)c2cc3c(cc12)CCC3. The lowest BCUT2D eigenvalue weighted by atomic mass is 9.94. The van der Waals surface area contributed by atoms with Crippen molar-refractivity contribution in [1.29, 1.82) is 0 Å². The number of para-hydroxylation sites is 1. The molecule has 2 aliphatic rings. The van der Waals surface area contributed by atoms with Crippen molar-refractivity contribution in [1.82, 2.24) is 14.9 Å². The number of hydrogen-bond acceptors (Lipinski definition) is 3. The van der Waals surface area contributed by atoms with Gasteiger partial charge in [0.15, 0.2) is 0 Å². The number of allylic oxidation sites excluding steroid dienone is 4. The van der Waals surface area contributed by atoms with Gasteiger partial charge in [0.2, 0.25) is 0 Å². The van der Waals surface area contributed by atoms with E-state index in [2.05, 4.69) is 65.3 Å². The Kier molecular flexibility index (Phi) is 4.70. The summed E-state index contributed by atoms with van der Waals surface area (Å²) in [4.78, 5) is 4.55. The molecule has 4 heteroatoms. The van der Waals surface area contributed by atoms with Gasteiger partial charge in [-0.05, 0) is 78.8 Å². The molecule has 6 rings (SSSR count). The number of rotatable bonds is 4. The predicted octanol–water partition coefficient (Wildman–Crippen LogP) is 6.36. The smallest absolute Gasteiger partial charge is 0.124 e. The average Bonchev–Trinajstić information content (AvgIpc) is 3.40. The number of anilines is 1. The first-order chi connectivity index (χ1) is 16.5. The standard InChI is InChI=1S/C30H28N4/c1-18(2)30-29(23-11-7-13-32-19(23)3)25-14-20-8-6-9-21(20)15-27(25)34(30)17-22-16-28(31)33-26-12-5-4-10-24(22)26/h4-5,7,10-16,32H,1,3,6,8-9,17H2,2H3,(H2,31,33). The third-order valence-electron chi connectivity index (χ3n) is 7.04. The maximum absolute atomic E-state index is 6.23. The van der Waals surface area contributed by atoms with E-state index in [4.69, 9.17) is 5.73 Å². The molecule has 168 valence electrons. The summed E-state index contributed by atoms with van der Waals surface area (Å²) < 4.78 is 2.42. The van der Waals surface area contributed by atoms with Crippen LogP contribution in [0, 0.1) is 0 Å². The zero-order valence-corrected chi connectivity index (χ0v) is 19.5. The maximum atomic E-state index is 6.23. The van der Waals surface area contributed by atoms with E-state index in [9.17, 15) is 0 Å². The molecule has 2 aromatic carbocycles. The van der Waals surface area contributed by atoms with E-state index in [0.29, 0.717) is 12.4 Å². The lowest BCUT2D eigenvalue weighted by Crippen LogP contribution is -2.10. The molecule has 2 aromatic heterocycles. The van der Waals surface area contributed by atoms with Crippen LogP contribution in [-0.2, 0) is 19.4 Å². The molecule has 0 fully saturated rings. The molecule has 0 radical (unpaired) electrons. The second kappa shape index (κ2) is 7.77. The second-order valence-corrected chi connectivity index (χ2v) is 9.37. The van der Waals surface area contributed by atoms with Crippen molar-refractivity contribution < 1.29 is 0 Å². The molecule has 4 nitrogen and oxygen atoms in total. The Morgan fingerprint density at radius 2 is 1.91 bits per heavy atom. The monoisotopic (exact) mass is 444 g/mol. The Hall–Kier alpha value is -4.05. The fraction of sp³-hybridized carbons (Fsp3) is 0.167. The van der Waals surface area contributed by atoms with Gasteiger partial charge in [0.05, 0.1) is 11.2 Å². The summed E-state index contributed by atoms with van der Waals surface area (Å²) in [5.74, 6) is 0.542. The van der Waals surface area contributed by atoms with E-state index >= 15 is 0 Å². The highest BCUT2D eigenvalue weighted by Crippen LogP contribution is 2.41. The second-order valence-electron chi connectivity index (χ2n) is 9.37. The molecule has 0 atom stereocenters. The summed E-state index contributed by atoms with van der Waals surface area (Å²) in [6.07, 6.45) is 9.61. The number of aryl methyl sites for hydroxylation is 2. The Balaban J connectivity index is 1.67. The molecule has 1 aliphatic carbocycles. The van der Waals surface area contributed by atoms with Crippen molar-refractivity contribution in [2.24, 2.45) is 0 Å². The molecular weight excluding hydrogens is 416 g/mol. The van der Waals surface area contributed by atoms with Crippen LogP contribution in [0.1, 0.15) is 41.3 Å². The number of aromatic nitrogens is 2. The number of hydrogen-bond donors (Lipinski definition) is 2. The molecule has 0 bridgehead atoms. The van der Waals surface area contributed by atoms with E-state index in [1.807, 2.05) is 30.5 Å². The van der Waals surface area contributed by atoms with Gasteiger partial charge >= 0.3 is 0 Å². The topological polar surface area (TPSA) is 55.9 Å². The van der Waals surface area contributed by atoms with E-state index in [0.717, 1.165) is 51.8 Å². The molecule has 3 N–H and O–H groups in total. The first-order valence-corrected chi connectivity index (χ1v) is 11.8. The third kappa shape index (κ3) is 3.18. The van der Waals surface area contributed by atoms with Crippen LogP contribution < -0.4 is 11.1 Å². The third-order valence-corrected chi connectivity index (χ3v) is 7.04.